The fraction of sp³-hybridized carbons (Fsp3) is 0.222. The maximum Gasteiger partial charge on any atom is 0.252 e. The average molecular weight is 314 g/mol. The molecular formula is C18H16F2N2O. The van der Waals surface area contributed by atoms with Gasteiger partial charge in [0.1, 0.15) is 19.0 Å². The molecule has 0 radical (unpaired) electrons. The zero-order chi connectivity index (χ0) is 16.5. The molecule has 0 fully saturated rings. The first kappa shape index (κ1) is 16.6. The van der Waals surface area contributed by atoms with Crippen LogP contribution >= 0.6 is 0 Å². The van der Waals surface area contributed by atoms with Crippen LogP contribution in [-0.4, -0.2) is 17.4 Å². The standard InChI is InChI=1S/C18H16F2N2O/c19-12-14-6-5-7-15(13-20)17(14)18(23)22-11-4-2-9-16-8-1-3-10-21-16/h1,3,5-8,10H,4,11-13H2,(H,22,23). The van der Waals surface area contributed by atoms with Crippen molar-refractivity contribution in [3.8, 4) is 11.8 Å². The van der Waals surface area contributed by atoms with E-state index < -0.39 is 19.3 Å². The highest BCUT2D eigenvalue weighted by Crippen LogP contribution is 2.17. The second-order valence-corrected chi connectivity index (χ2v) is 4.74. The van der Waals surface area contributed by atoms with E-state index >= 15 is 0 Å². The van der Waals surface area contributed by atoms with Crippen LogP contribution in [0.15, 0.2) is 42.6 Å². The molecule has 3 nitrogen and oxygen atoms in total. The fourth-order valence-corrected chi connectivity index (χ4v) is 2.08. The largest absolute Gasteiger partial charge is 0.351 e. The number of benzene rings is 1. The van der Waals surface area contributed by atoms with Crippen molar-refractivity contribution < 1.29 is 13.6 Å². The van der Waals surface area contributed by atoms with E-state index in [0.29, 0.717) is 18.7 Å². The third-order valence-electron chi connectivity index (χ3n) is 3.17. The smallest absolute Gasteiger partial charge is 0.252 e. The highest BCUT2D eigenvalue weighted by molar-refractivity contribution is 5.97. The monoisotopic (exact) mass is 314 g/mol. The average Bonchev–Trinajstić information content (AvgIpc) is 2.61. The van der Waals surface area contributed by atoms with Gasteiger partial charge in [-0.05, 0) is 29.2 Å². The third-order valence-corrected chi connectivity index (χ3v) is 3.17. The van der Waals surface area contributed by atoms with Crippen LogP contribution in [0.3, 0.4) is 0 Å². The predicted octanol–water partition coefficient (Wildman–Crippen LogP) is 3.19. The van der Waals surface area contributed by atoms with Crippen molar-refractivity contribution in [3.63, 3.8) is 0 Å². The second-order valence-electron chi connectivity index (χ2n) is 4.74. The van der Waals surface area contributed by atoms with Crippen molar-refractivity contribution in [1.82, 2.24) is 10.3 Å². The van der Waals surface area contributed by atoms with Gasteiger partial charge in [-0.2, -0.15) is 0 Å². The number of carbonyl (C=O) groups is 1. The van der Waals surface area contributed by atoms with E-state index in [0.717, 1.165) is 0 Å². The molecule has 1 heterocycles. The first-order valence-corrected chi connectivity index (χ1v) is 7.17. The Hall–Kier alpha value is -2.74. The Balaban J connectivity index is 1.94. The Morgan fingerprint density at radius 2 is 1.83 bits per heavy atom. The molecule has 2 aromatic rings. The summed E-state index contributed by atoms with van der Waals surface area (Å²) in [6.45, 7) is -1.32. The van der Waals surface area contributed by atoms with E-state index in [1.807, 2.05) is 6.07 Å². The third kappa shape index (κ3) is 4.62. The first-order chi connectivity index (χ1) is 11.3. The summed E-state index contributed by atoms with van der Waals surface area (Å²) in [5.41, 5.74) is 1.12. The summed E-state index contributed by atoms with van der Waals surface area (Å²) in [5, 5.41) is 2.64. The number of hydrogen-bond donors (Lipinski definition) is 1. The SMILES string of the molecule is O=C(NCCC#Cc1ccccn1)c1c(CF)cccc1CF. The van der Waals surface area contributed by atoms with E-state index in [4.69, 9.17) is 0 Å². The number of aromatic nitrogens is 1. The van der Waals surface area contributed by atoms with Crippen LogP contribution in [0.1, 0.15) is 33.6 Å². The van der Waals surface area contributed by atoms with Gasteiger partial charge in [-0.3, -0.25) is 4.79 Å². The Bertz CT molecular complexity index is 699. The van der Waals surface area contributed by atoms with Crippen LogP contribution < -0.4 is 5.32 Å². The van der Waals surface area contributed by atoms with Crippen molar-refractivity contribution in [2.75, 3.05) is 6.54 Å². The van der Waals surface area contributed by atoms with Gasteiger partial charge in [0, 0.05) is 19.2 Å². The van der Waals surface area contributed by atoms with Gasteiger partial charge in [0.05, 0.1) is 5.56 Å². The Morgan fingerprint density at radius 3 is 2.43 bits per heavy atom. The van der Waals surface area contributed by atoms with Gasteiger partial charge in [-0.15, -0.1) is 0 Å². The number of carbonyl (C=O) groups excluding carboxylic acids is 1. The van der Waals surface area contributed by atoms with Crippen molar-refractivity contribution >= 4 is 5.91 Å². The number of rotatable bonds is 5. The van der Waals surface area contributed by atoms with Crippen LogP contribution in [-0.2, 0) is 13.3 Å². The highest BCUT2D eigenvalue weighted by Gasteiger charge is 2.15. The van der Waals surface area contributed by atoms with Crippen LogP contribution in [0.2, 0.25) is 0 Å². The summed E-state index contributed by atoms with van der Waals surface area (Å²) in [4.78, 5) is 16.2. The molecule has 0 bridgehead atoms. The Kier molecular flexibility index (Phi) is 6.25. The summed E-state index contributed by atoms with van der Waals surface area (Å²) in [6, 6.07) is 9.93. The second kappa shape index (κ2) is 8.64. The summed E-state index contributed by atoms with van der Waals surface area (Å²) < 4.78 is 25.9. The minimum absolute atomic E-state index is 0.0789. The molecule has 1 amide bonds. The molecule has 2 rings (SSSR count). The van der Waals surface area contributed by atoms with Crippen molar-refractivity contribution in [2.45, 2.75) is 19.8 Å². The lowest BCUT2D eigenvalue weighted by atomic mass is 10.0. The molecule has 0 unspecified atom stereocenters. The van der Waals surface area contributed by atoms with E-state index in [2.05, 4.69) is 22.1 Å². The predicted molar refractivity (Wildman–Crippen MR) is 84.1 cm³/mol. The van der Waals surface area contributed by atoms with E-state index in [1.165, 1.54) is 12.1 Å². The minimum Gasteiger partial charge on any atom is -0.351 e. The van der Waals surface area contributed by atoms with Gasteiger partial charge in [0.25, 0.3) is 5.91 Å². The molecule has 118 valence electrons. The molecule has 0 aliphatic rings. The maximum atomic E-state index is 13.0. The van der Waals surface area contributed by atoms with Gasteiger partial charge < -0.3 is 5.32 Å². The molecule has 1 aromatic carbocycles. The molecule has 0 saturated carbocycles. The highest BCUT2D eigenvalue weighted by atomic mass is 19.1. The Morgan fingerprint density at radius 1 is 1.09 bits per heavy atom. The molecule has 0 spiro atoms. The number of hydrogen-bond acceptors (Lipinski definition) is 2. The lowest BCUT2D eigenvalue weighted by Crippen LogP contribution is -2.26. The minimum atomic E-state index is -0.809. The number of alkyl halides is 2. The maximum absolute atomic E-state index is 13.0. The molecule has 0 aliphatic carbocycles. The number of nitrogens with one attached hydrogen (secondary N) is 1. The number of pyridine rings is 1. The van der Waals surface area contributed by atoms with Crippen molar-refractivity contribution in [3.05, 3.63) is 65.0 Å². The van der Waals surface area contributed by atoms with E-state index in [1.54, 1.807) is 24.4 Å². The van der Waals surface area contributed by atoms with Crippen LogP contribution in [0.4, 0.5) is 8.78 Å². The van der Waals surface area contributed by atoms with E-state index in [9.17, 15) is 13.6 Å². The van der Waals surface area contributed by atoms with Crippen LogP contribution in [0.5, 0.6) is 0 Å². The fourth-order valence-electron chi connectivity index (χ4n) is 2.08. The quantitative estimate of drug-likeness (QED) is 0.680. The zero-order valence-electron chi connectivity index (χ0n) is 12.5. The Labute approximate surface area is 133 Å². The summed E-state index contributed by atoms with van der Waals surface area (Å²) >= 11 is 0. The topological polar surface area (TPSA) is 42.0 Å². The summed E-state index contributed by atoms with van der Waals surface area (Å²) in [5.74, 6) is 5.28. The van der Waals surface area contributed by atoms with Crippen LogP contribution in [0.25, 0.3) is 0 Å². The van der Waals surface area contributed by atoms with Crippen LogP contribution in [0, 0.1) is 11.8 Å². The first-order valence-electron chi connectivity index (χ1n) is 7.17. The molecular weight excluding hydrogens is 298 g/mol. The molecule has 0 atom stereocenters. The molecule has 0 aliphatic heterocycles. The molecule has 5 heteroatoms. The summed E-state index contributed by atoms with van der Waals surface area (Å²) in [7, 11) is 0. The summed E-state index contributed by atoms with van der Waals surface area (Å²) in [6.07, 6.45) is 2.07. The number of amides is 1. The van der Waals surface area contributed by atoms with Crippen molar-refractivity contribution in [2.24, 2.45) is 0 Å². The van der Waals surface area contributed by atoms with Gasteiger partial charge in [0.15, 0.2) is 0 Å². The van der Waals surface area contributed by atoms with Gasteiger partial charge in [-0.25, -0.2) is 13.8 Å². The van der Waals surface area contributed by atoms with Gasteiger partial charge in [0.2, 0.25) is 0 Å². The van der Waals surface area contributed by atoms with E-state index in [-0.39, 0.29) is 16.7 Å². The van der Waals surface area contributed by atoms with Crippen molar-refractivity contribution in [1.29, 1.82) is 0 Å². The van der Waals surface area contributed by atoms with Gasteiger partial charge >= 0.3 is 0 Å². The van der Waals surface area contributed by atoms with Gasteiger partial charge in [-0.1, -0.05) is 30.2 Å². The lowest BCUT2D eigenvalue weighted by Gasteiger charge is -2.10. The molecule has 0 saturated heterocycles. The zero-order valence-corrected chi connectivity index (χ0v) is 12.5. The number of nitrogens with zero attached hydrogens (tertiary/aromatic N) is 1. The molecule has 1 aromatic heterocycles. The molecule has 1 N–H and O–H groups in total. The normalized spacial score (nSPS) is 9.83. The lowest BCUT2D eigenvalue weighted by molar-refractivity contribution is 0.0951. The number of halogens is 2. The molecule has 23 heavy (non-hydrogen) atoms.